The number of carbonyl (C=O) groups is 4. The number of ketones is 2. The summed E-state index contributed by atoms with van der Waals surface area (Å²) in [7, 11) is -3.67. The van der Waals surface area contributed by atoms with Gasteiger partial charge >= 0.3 is 11.9 Å². The van der Waals surface area contributed by atoms with Crippen molar-refractivity contribution in [1.29, 1.82) is 0 Å². The van der Waals surface area contributed by atoms with Crippen LogP contribution in [0.15, 0.2) is 60.7 Å². The molecule has 1 unspecified atom stereocenters. The van der Waals surface area contributed by atoms with Crippen LogP contribution in [0.1, 0.15) is 51.1 Å². The van der Waals surface area contributed by atoms with Crippen LogP contribution < -0.4 is 11.1 Å². The standard InChI is InChI=1S/C18H14O8.C10H17N3S.CH4O3S/c19-13(11-7-3-1-4-8-11)17(25,15(21)22)18(26,16(23)24)14(20)12-9-5-2-6-10-12;1-2-5-12-7-3-4-8-9(6-7)14-10(11)13-8;1-5(2,3)4/h1-10,25-26H,(H,21,22)(H,23,24);7,12H,2-6H2,1H3,(H2,11,13);1H3,(H,2,3,4)/t17-,18-;;/m1../s1. The first kappa shape index (κ1) is 37.1. The Hall–Kier alpha value is -4.06. The number of rotatable bonds is 10. The number of aliphatic carboxylic acids is 2. The normalized spacial score (nSPS) is 16.6. The molecule has 0 bridgehead atoms. The molecule has 0 saturated carbocycles. The van der Waals surface area contributed by atoms with Gasteiger partial charge in [-0.25, -0.2) is 14.6 Å². The first-order valence-electron chi connectivity index (χ1n) is 13.5. The molecule has 0 spiro atoms. The Labute approximate surface area is 263 Å². The number of hydrogen-bond donors (Lipinski definition) is 7. The molecule has 4 rings (SSSR count). The Morgan fingerprint density at radius 1 is 0.933 bits per heavy atom. The van der Waals surface area contributed by atoms with Gasteiger partial charge in [0.15, 0.2) is 5.13 Å². The van der Waals surface area contributed by atoms with Crippen molar-refractivity contribution in [3.63, 3.8) is 0 Å². The van der Waals surface area contributed by atoms with E-state index in [0.717, 1.165) is 48.8 Å². The summed E-state index contributed by atoms with van der Waals surface area (Å²) in [6.07, 6.45) is 5.33. The zero-order valence-electron chi connectivity index (χ0n) is 24.4. The molecule has 1 aliphatic rings. The van der Waals surface area contributed by atoms with Crippen LogP contribution in [0.25, 0.3) is 0 Å². The maximum absolute atomic E-state index is 12.6. The SMILES string of the molecule is CCCNC1CCc2nc(N)sc2C1.CS(=O)(=O)O.O=C(O)[C@](O)(C(=O)c1ccccc1)[C@](O)(C(=O)O)C(=O)c1ccccc1. The number of nitrogen functional groups attached to an aromatic ring is 1. The number of carboxylic acids is 2. The molecule has 0 amide bonds. The van der Waals surface area contributed by atoms with Crippen molar-refractivity contribution in [2.75, 3.05) is 18.5 Å². The van der Waals surface area contributed by atoms with Crippen LogP contribution in [-0.2, 0) is 32.5 Å². The predicted molar refractivity (Wildman–Crippen MR) is 165 cm³/mol. The second-order valence-electron chi connectivity index (χ2n) is 9.97. The topological polar surface area (TPSA) is 255 Å². The van der Waals surface area contributed by atoms with E-state index >= 15 is 0 Å². The molecule has 1 heterocycles. The average molecular weight is 666 g/mol. The van der Waals surface area contributed by atoms with Gasteiger partial charge in [-0.1, -0.05) is 67.6 Å². The molecule has 0 fully saturated rings. The minimum absolute atomic E-state index is 0.391. The van der Waals surface area contributed by atoms with Gasteiger partial charge in [-0.3, -0.25) is 14.1 Å². The molecule has 3 aromatic rings. The van der Waals surface area contributed by atoms with Crippen LogP contribution in [0.3, 0.4) is 0 Å². The number of fused-ring (bicyclic) bond motifs is 1. The summed E-state index contributed by atoms with van der Waals surface area (Å²) in [6.45, 7) is 3.32. The van der Waals surface area contributed by atoms with E-state index in [0.29, 0.717) is 12.3 Å². The highest BCUT2D eigenvalue weighted by atomic mass is 32.2. The molecule has 244 valence electrons. The number of anilines is 1. The molecule has 14 nitrogen and oxygen atoms in total. The number of carbonyl (C=O) groups excluding carboxylic acids is 2. The van der Waals surface area contributed by atoms with E-state index < -0.39 is 56.0 Å². The predicted octanol–water partition coefficient (Wildman–Crippen LogP) is 1.47. The van der Waals surface area contributed by atoms with E-state index in [4.69, 9.17) is 10.3 Å². The molecule has 0 aliphatic heterocycles. The number of aliphatic hydroxyl groups is 2. The van der Waals surface area contributed by atoms with Gasteiger partial charge in [-0.2, -0.15) is 8.42 Å². The van der Waals surface area contributed by atoms with E-state index in [9.17, 15) is 48.0 Å². The Balaban J connectivity index is 0.000000307. The fourth-order valence-corrected chi connectivity index (χ4v) is 5.31. The minimum atomic E-state index is -3.95. The van der Waals surface area contributed by atoms with Crippen molar-refractivity contribution < 1.29 is 52.6 Å². The number of nitrogens with one attached hydrogen (secondary N) is 1. The number of thiazole rings is 1. The second-order valence-corrected chi connectivity index (χ2v) is 12.6. The van der Waals surface area contributed by atoms with Crippen LogP contribution in [-0.4, -0.2) is 91.9 Å². The largest absolute Gasteiger partial charge is 0.479 e. The molecular formula is C29H35N3O11S2. The second kappa shape index (κ2) is 15.8. The van der Waals surface area contributed by atoms with E-state index in [1.54, 1.807) is 11.3 Å². The Morgan fingerprint density at radius 2 is 1.36 bits per heavy atom. The lowest BCUT2D eigenvalue weighted by molar-refractivity contribution is -0.187. The van der Waals surface area contributed by atoms with Crippen LogP contribution in [0.5, 0.6) is 0 Å². The Morgan fingerprint density at radius 3 is 1.73 bits per heavy atom. The monoisotopic (exact) mass is 665 g/mol. The Bertz CT molecular complexity index is 1520. The first-order valence-corrected chi connectivity index (χ1v) is 16.1. The molecule has 1 aromatic heterocycles. The third kappa shape index (κ3) is 9.46. The van der Waals surface area contributed by atoms with Gasteiger partial charge in [0.1, 0.15) is 0 Å². The van der Waals surface area contributed by atoms with Gasteiger partial charge in [0.2, 0.25) is 11.6 Å². The molecular weight excluding hydrogens is 630 g/mol. The number of nitrogens with zero attached hydrogens (tertiary/aromatic N) is 1. The minimum Gasteiger partial charge on any atom is -0.479 e. The van der Waals surface area contributed by atoms with E-state index in [2.05, 4.69) is 17.2 Å². The summed E-state index contributed by atoms with van der Waals surface area (Å²) in [6, 6.07) is 13.5. The highest BCUT2D eigenvalue weighted by Crippen LogP contribution is 2.32. The third-order valence-electron chi connectivity index (χ3n) is 6.51. The Kier molecular flexibility index (Phi) is 13.0. The molecule has 0 radical (unpaired) electrons. The molecule has 45 heavy (non-hydrogen) atoms. The molecule has 8 N–H and O–H groups in total. The number of nitrogens with two attached hydrogens (primary N) is 1. The van der Waals surface area contributed by atoms with Gasteiger partial charge in [0, 0.05) is 22.0 Å². The summed E-state index contributed by atoms with van der Waals surface area (Å²) < 4.78 is 25.9. The molecule has 16 heteroatoms. The maximum Gasteiger partial charge on any atom is 0.348 e. The van der Waals surface area contributed by atoms with Crippen molar-refractivity contribution in [1.82, 2.24) is 10.3 Å². The van der Waals surface area contributed by atoms with E-state index in [1.807, 2.05) is 0 Å². The quantitative estimate of drug-likeness (QED) is 0.0920. The lowest BCUT2D eigenvalue weighted by Gasteiger charge is -2.34. The highest BCUT2D eigenvalue weighted by Gasteiger charge is 2.69. The van der Waals surface area contributed by atoms with Crippen molar-refractivity contribution in [2.45, 2.75) is 49.9 Å². The van der Waals surface area contributed by atoms with Crippen molar-refractivity contribution in [3.05, 3.63) is 82.4 Å². The molecule has 1 aliphatic carbocycles. The fourth-order valence-electron chi connectivity index (χ4n) is 4.35. The van der Waals surface area contributed by atoms with Crippen LogP contribution in [0, 0.1) is 0 Å². The van der Waals surface area contributed by atoms with E-state index in [-0.39, 0.29) is 0 Å². The molecule has 3 atom stereocenters. The van der Waals surface area contributed by atoms with Crippen molar-refractivity contribution >= 4 is 50.1 Å². The summed E-state index contributed by atoms with van der Waals surface area (Å²) in [5.74, 6) is -8.03. The summed E-state index contributed by atoms with van der Waals surface area (Å²) in [5.41, 5.74) is -1.76. The van der Waals surface area contributed by atoms with Gasteiger partial charge < -0.3 is 31.5 Å². The smallest absolute Gasteiger partial charge is 0.348 e. The van der Waals surface area contributed by atoms with Crippen LogP contribution in [0.2, 0.25) is 0 Å². The molecule has 2 aromatic carbocycles. The zero-order valence-corrected chi connectivity index (χ0v) is 26.0. The third-order valence-corrected chi connectivity index (χ3v) is 7.46. The number of benzene rings is 2. The van der Waals surface area contributed by atoms with Gasteiger partial charge in [-0.05, 0) is 32.2 Å². The van der Waals surface area contributed by atoms with Gasteiger partial charge in [0.05, 0.1) is 11.9 Å². The van der Waals surface area contributed by atoms with Crippen molar-refractivity contribution in [2.24, 2.45) is 0 Å². The maximum atomic E-state index is 12.6. The summed E-state index contributed by atoms with van der Waals surface area (Å²) in [4.78, 5) is 54.3. The lowest BCUT2D eigenvalue weighted by Crippen LogP contribution is -2.71. The van der Waals surface area contributed by atoms with Crippen LogP contribution >= 0.6 is 11.3 Å². The number of carboxylic acid groups (broad SMARTS) is 2. The van der Waals surface area contributed by atoms with Gasteiger partial charge in [0.25, 0.3) is 21.3 Å². The molecule has 0 saturated heterocycles. The summed E-state index contributed by atoms with van der Waals surface area (Å²) >= 11 is 1.65. The van der Waals surface area contributed by atoms with Crippen LogP contribution in [0.4, 0.5) is 5.13 Å². The number of aryl methyl sites for hydroxylation is 1. The number of hydrogen-bond acceptors (Lipinski definition) is 12. The highest BCUT2D eigenvalue weighted by molar-refractivity contribution is 7.85. The zero-order chi connectivity index (χ0) is 34.0. The summed E-state index contributed by atoms with van der Waals surface area (Å²) in [5, 5.41) is 44.1. The number of aromatic nitrogens is 1. The van der Waals surface area contributed by atoms with Crippen molar-refractivity contribution in [3.8, 4) is 0 Å². The first-order chi connectivity index (χ1) is 21.0. The number of Topliss-reactive ketones (excluding diaryl/α,β-unsaturated/α-hetero) is 2. The van der Waals surface area contributed by atoms with Gasteiger partial charge in [-0.15, -0.1) is 11.3 Å². The fraction of sp³-hybridized carbons (Fsp3) is 0.345. The van der Waals surface area contributed by atoms with E-state index in [1.165, 1.54) is 59.8 Å². The average Bonchev–Trinajstić information content (AvgIpc) is 3.37. The lowest BCUT2D eigenvalue weighted by atomic mass is 9.73.